The van der Waals surface area contributed by atoms with Gasteiger partial charge in [-0.1, -0.05) is 6.42 Å². The van der Waals surface area contributed by atoms with Gasteiger partial charge in [0.25, 0.3) is 0 Å². The van der Waals surface area contributed by atoms with Gasteiger partial charge in [0.15, 0.2) is 0 Å². The van der Waals surface area contributed by atoms with Crippen LogP contribution in [0.2, 0.25) is 0 Å². The van der Waals surface area contributed by atoms with Crippen molar-refractivity contribution in [3.63, 3.8) is 0 Å². The van der Waals surface area contributed by atoms with Crippen LogP contribution < -0.4 is 16.4 Å². The predicted molar refractivity (Wildman–Crippen MR) is 106 cm³/mol. The zero-order valence-corrected chi connectivity index (χ0v) is 16.4. The Morgan fingerprint density at radius 2 is 1.78 bits per heavy atom. The zero-order chi connectivity index (χ0) is 19.0. The Bertz CT molecular complexity index is 688. The first-order valence-corrected chi connectivity index (χ1v) is 10.4. The summed E-state index contributed by atoms with van der Waals surface area (Å²) >= 11 is 0. The zero-order valence-electron chi connectivity index (χ0n) is 16.4. The number of primary amides is 1. The minimum absolute atomic E-state index is 0.160. The lowest BCUT2D eigenvalue weighted by Crippen LogP contribution is -2.63. The van der Waals surface area contributed by atoms with Crippen molar-refractivity contribution in [2.75, 3.05) is 31.1 Å². The molecule has 0 aromatic carbocycles. The molecule has 7 nitrogen and oxygen atoms in total. The van der Waals surface area contributed by atoms with E-state index >= 15 is 0 Å². The number of rotatable bonds is 4. The van der Waals surface area contributed by atoms with Crippen LogP contribution in [0.1, 0.15) is 62.4 Å². The number of nitrogens with zero attached hydrogens (tertiary/aromatic N) is 4. The first kappa shape index (κ1) is 18.6. The summed E-state index contributed by atoms with van der Waals surface area (Å²) in [5.74, 6) is 2.09. The van der Waals surface area contributed by atoms with Crippen LogP contribution in [0.3, 0.4) is 0 Å². The Balaban J connectivity index is 1.49. The molecule has 148 valence electrons. The molecule has 4 rings (SSSR count). The Labute approximate surface area is 161 Å². The summed E-state index contributed by atoms with van der Waals surface area (Å²) in [6, 6.07) is 2.44. The first-order chi connectivity index (χ1) is 13.0. The fourth-order valence-electron chi connectivity index (χ4n) is 5.00. The van der Waals surface area contributed by atoms with E-state index in [0.29, 0.717) is 12.0 Å². The van der Waals surface area contributed by atoms with Crippen molar-refractivity contribution in [3.8, 4) is 0 Å². The molecule has 0 spiro atoms. The number of aromatic nitrogens is 2. The molecule has 1 aromatic rings. The fraction of sp³-hybridized carbons (Fsp3) is 0.750. The molecule has 0 bridgehead atoms. The highest BCUT2D eigenvalue weighted by molar-refractivity contribution is 5.85. The average Bonchev–Trinajstić information content (AvgIpc) is 2.65. The van der Waals surface area contributed by atoms with E-state index in [-0.39, 0.29) is 5.91 Å². The molecular formula is C20H32N6O. The second kappa shape index (κ2) is 7.36. The molecule has 4 N–H and O–H groups in total. The third kappa shape index (κ3) is 3.55. The highest BCUT2D eigenvalue weighted by atomic mass is 16.1. The van der Waals surface area contributed by atoms with E-state index < -0.39 is 5.54 Å². The lowest BCUT2D eigenvalue weighted by atomic mass is 9.78. The topological polar surface area (TPSA) is 101 Å². The molecule has 27 heavy (non-hydrogen) atoms. The third-order valence-corrected chi connectivity index (χ3v) is 6.77. The molecule has 1 saturated carbocycles. The average molecular weight is 373 g/mol. The number of piperidine rings is 2. The summed E-state index contributed by atoms with van der Waals surface area (Å²) < 4.78 is 0. The molecule has 1 aromatic heterocycles. The quantitative estimate of drug-likeness (QED) is 0.826. The van der Waals surface area contributed by atoms with Crippen LogP contribution in [0, 0.1) is 6.92 Å². The van der Waals surface area contributed by atoms with Gasteiger partial charge in [-0.05, 0) is 58.5 Å². The molecule has 1 amide bonds. The number of hydrogen-bond acceptors (Lipinski definition) is 6. The van der Waals surface area contributed by atoms with Crippen molar-refractivity contribution in [3.05, 3.63) is 17.6 Å². The van der Waals surface area contributed by atoms with Gasteiger partial charge in [-0.2, -0.15) is 0 Å². The summed E-state index contributed by atoms with van der Waals surface area (Å²) in [5, 5.41) is 0. The van der Waals surface area contributed by atoms with Gasteiger partial charge in [-0.15, -0.1) is 0 Å². The van der Waals surface area contributed by atoms with E-state index in [4.69, 9.17) is 11.5 Å². The summed E-state index contributed by atoms with van der Waals surface area (Å²) in [6.07, 6.45) is 7.15. The summed E-state index contributed by atoms with van der Waals surface area (Å²) in [6.45, 7) is 5.54. The molecule has 3 aliphatic rings. The van der Waals surface area contributed by atoms with Crippen LogP contribution in [-0.4, -0.2) is 58.5 Å². The Morgan fingerprint density at radius 3 is 2.37 bits per heavy atom. The SMILES string of the molecule is Cc1nc(C2CC(N)C2)cc(N2CCC(C(N)=O)(N3CCCCC3)CC2)n1. The summed E-state index contributed by atoms with van der Waals surface area (Å²) in [7, 11) is 0. The molecule has 2 aliphatic heterocycles. The van der Waals surface area contributed by atoms with E-state index in [1.807, 2.05) is 6.92 Å². The number of carbonyl (C=O) groups excluding carboxylic acids is 1. The lowest BCUT2D eigenvalue weighted by Gasteiger charge is -2.48. The monoisotopic (exact) mass is 372 g/mol. The predicted octanol–water partition coefficient (Wildman–Crippen LogP) is 1.30. The molecule has 3 fully saturated rings. The van der Waals surface area contributed by atoms with Gasteiger partial charge in [0.05, 0.1) is 0 Å². The van der Waals surface area contributed by atoms with Gasteiger partial charge in [-0.25, -0.2) is 9.97 Å². The maximum Gasteiger partial charge on any atom is 0.238 e. The van der Waals surface area contributed by atoms with Crippen molar-refractivity contribution in [2.24, 2.45) is 11.5 Å². The molecule has 2 saturated heterocycles. The van der Waals surface area contributed by atoms with Crippen LogP contribution in [0.15, 0.2) is 6.07 Å². The van der Waals surface area contributed by atoms with Crippen LogP contribution in [0.5, 0.6) is 0 Å². The van der Waals surface area contributed by atoms with Crippen molar-refractivity contribution in [2.45, 2.75) is 69.4 Å². The number of anilines is 1. The largest absolute Gasteiger partial charge is 0.368 e. The molecule has 7 heteroatoms. The number of nitrogens with two attached hydrogens (primary N) is 2. The number of likely N-dealkylation sites (tertiary alicyclic amines) is 1. The van der Waals surface area contributed by atoms with Gasteiger partial charge in [0.1, 0.15) is 17.2 Å². The van der Waals surface area contributed by atoms with E-state index in [1.165, 1.54) is 6.42 Å². The van der Waals surface area contributed by atoms with Gasteiger partial charge in [-0.3, -0.25) is 9.69 Å². The molecule has 0 atom stereocenters. The minimum atomic E-state index is -0.484. The molecule has 0 radical (unpaired) electrons. The maximum absolute atomic E-state index is 12.4. The smallest absolute Gasteiger partial charge is 0.238 e. The Hall–Kier alpha value is -1.73. The lowest BCUT2D eigenvalue weighted by molar-refractivity contribution is -0.132. The highest BCUT2D eigenvalue weighted by Crippen LogP contribution is 2.37. The van der Waals surface area contributed by atoms with Gasteiger partial charge in [0.2, 0.25) is 5.91 Å². The highest BCUT2D eigenvalue weighted by Gasteiger charge is 2.45. The Kier molecular flexibility index (Phi) is 5.07. The summed E-state index contributed by atoms with van der Waals surface area (Å²) in [5.41, 5.74) is 12.5. The normalized spacial score (nSPS) is 28.6. The van der Waals surface area contributed by atoms with Crippen molar-refractivity contribution in [1.29, 1.82) is 0 Å². The van der Waals surface area contributed by atoms with Gasteiger partial charge in [0, 0.05) is 36.8 Å². The Morgan fingerprint density at radius 1 is 1.11 bits per heavy atom. The standard InChI is InChI=1S/C20H32N6O/c1-14-23-17(15-11-16(21)12-15)13-18(24-14)25-9-5-20(6-10-25,19(22)27)26-7-3-2-4-8-26/h13,15-16H,2-12,21H2,1H3,(H2,22,27). The maximum atomic E-state index is 12.4. The van der Waals surface area contributed by atoms with E-state index in [2.05, 4.69) is 25.8 Å². The molecular weight excluding hydrogens is 340 g/mol. The second-order valence-electron chi connectivity index (χ2n) is 8.56. The van der Waals surface area contributed by atoms with Crippen molar-refractivity contribution in [1.82, 2.24) is 14.9 Å². The molecule has 0 unspecified atom stereocenters. The fourth-order valence-corrected chi connectivity index (χ4v) is 5.00. The van der Waals surface area contributed by atoms with Crippen LogP contribution in [0.4, 0.5) is 5.82 Å². The van der Waals surface area contributed by atoms with Crippen LogP contribution in [0.25, 0.3) is 0 Å². The van der Waals surface area contributed by atoms with E-state index in [9.17, 15) is 4.79 Å². The minimum Gasteiger partial charge on any atom is -0.368 e. The number of carbonyl (C=O) groups is 1. The third-order valence-electron chi connectivity index (χ3n) is 6.77. The number of hydrogen-bond donors (Lipinski definition) is 2. The van der Waals surface area contributed by atoms with Gasteiger partial charge < -0.3 is 16.4 Å². The second-order valence-corrected chi connectivity index (χ2v) is 8.56. The molecule has 1 aliphatic carbocycles. The summed E-state index contributed by atoms with van der Waals surface area (Å²) in [4.78, 5) is 26.4. The van der Waals surface area contributed by atoms with Crippen LogP contribution in [-0.2, 0) is 4.79 Å². The molecule has 3 heterocycles. The first-order valence-electron chi connectivity index (χ1n) is 10.4. The van der Waals surface area contributed by atoms with Gasteiger partial charge >= 0.3 is 0 Å². The van der Waals surface area contributed by atoms with E-state index in [1.54, 1.807) is 0 Å². The van der Waals surface area contributed by atoms with Crippen molar-refractivity contribution < 1.29 is 4.79 Å². The van der Waals surface area contributed by atoms with E-state index in [0.717, 1.165) is 82.0 Å². The van der Waals surface area contributed by atoms with Crippen molar-refractivity contribution >= 4 is 11.7 Å². The van der Waals surface area contributed by atoms with Crippen LogP contribution >= 0.6 is 0 Å². The number of aryl methyl sites for hydroxylation is 1. The number of amides is 1.